The second-order valence-corrected chi connectivity index (χ2v) is 7.71. The maximum atomic E-state index is 11.9. The minimum absolute atomic E-state index is 0.180. The number of aromatic nitrogens is 1. The number of nitrogens with two attached hydrogens (primary N) is 1. The average Bonchev–Trinajstić information content (AvgIpc) is 3.15. The van der Waals surface area contributed by atoms with Gasteiger partial charge in [0.1, 0.15) is 6.26 Å². The Labute approximate surface area is 165 Å². The SMILES string of the molecule is CCCCCCCCCCCCCCCCNC(=O)c1coc(C(C)N)n1. The number of nitrogens with zero attached hydrogens (tertiary/aromatic N) is 1. The van der Waals surface area contributed by atoms with Gasteiger partial charge in [-0.1, -0.05) is 90.4 Å². The van der Waals surface area contributed by atoms with Crippen molar-refractivity contribution in [1.29, 1.82) is 0 Å². The molecule has 0 bridgehead atoms. The molecule has 1 rings (SSSR count). The fourth-order valence-electron chi connectivity index (χ4n) is 3.21. The summed E-state index contributed by atoms with van der Waals surface area (Å²) in [6, 6.07) is -0.294. The van der Waals surface area contributed by atoms with Crippen molar-refractivity contribution in [3.05, 3.63) is 17.8 Å². The van der Waals surface area contributed by atoms with Crippen LogP contribution in [0.1, 0.15) is 126 Å². The lowest BCUT2D eigenvalue weighted by Gasteiger charge is -2.04. The molecule has 0 aromatic carbocycles. The number of rotatable bonds is 17. The Balaban J connectivity index is 1.85. The van der Waals surface area contributed by atoms with Crippen LogP contribution in [0.15, 0.2) is 10.7 Å². The van der Waals surface area contributed by atoms with Gasteiger partial charge < -0.3 is 15.5 Å². The number of hydrogen-bond acceptors (Lipinski definition) is 4. The second kappa shape index (κ2) is 15.7. The van der Waals surface area contributed by atoms with Crippen molar-refractivity contribution in [3.8, 4) is 0 Å². The van der Waals surface area contributed by atoms with Crippen LogP contribution in [-0.4, -0.2) is 17.4 Å². The van der Waals surface area contributed by atoms with Crippen molar-refractivity contribution < 1.29 is 9.21 Å². The summed E-state index contributed by atoms with van der Waals surface area (Å²) in [5.41, 5.74) is 5.99. The zero-order chi connectivity index (χ0) is 19.7. The summed E-state index contributed by atoms with van der Waals surface area (Å²) in [6.45, 7) is 4.74. The number of carbonyl (C=O) groups is 1. The summed E-state index contributed by atoms with van der Waals surface area (Å²) in [5, 5.41) is 2.89. The summed E-state index contributed by atoms with van der Waals surface area (Å²) >= 11 is 0. The highest BCUT2D eigenvalue weighted by Crippen LogP contribution is 2.13. The fourth-order valence-corrected chi connectivity index (χ4v) is 3.21. The molecule has 1 amide bonds. The zero-order valence-corrected chi connectivity index (χ0v) is 17.6. The third-order valence-corrected chi connectivity index (χ3v) is 4.96. The lowest BCUT2D eigenvalue weighted by atomic mass is 10.0. The number of nitrogens with one attached hydrogen (secondary N) is 1. The topological polar surface area (TPSA) is 81.2 Å². The van der Waals surface area contributed by atoms with Gasteiger partial charge >= 0.3 is 0 Å². The van der Waals surface area contributed by atoms with E-state index in [-0.39, 0.29) is 11.9 Å². The maximum absolute atomic E-state index is 11.9. The van der Waals surface area contributed by atoms with Gasteiger partial charge in [-0.15, -0.1) is 0 Å². The Morgan fingerprint density at radius 1 is 0.963 bits per heavy atom. The molecule has 1 unspecified atom stereocenters. The van der Waals surface area contributed by atoms with Crippen LogP contribution < -0.4 is 11.1 Å². The third-order valence-electron chi connectivity index (χ3n) is 4.96. The lowest BCUT2D eigenvalue weighted by Crippen LogP contribution is -2.24. The van der Waals surface area contributed by atoms with Gasteiger partial charge in [-0.05, 0) is 13.3 Å². The Morgan fingerprint density at radius 3 is 1.89 bits per heavy atom. The third kappa shape index (κ3) is 11.9. The first-order valence-corrected chi connectivity index (χ1v) is 11.1. The number of oxazole rings is 1. The number of amides is 1. The van der Waals surface area contributed by atoms with Crippen molar-refractivity contribution >= 4 is 5.91 Å². The molecule has 0 aliphatic heterocycles. The molecular weight excluding hydrogens is 338 g/mol. The van der Waals surface area contributed by atoms with E-state index in [9.17, 15) is 4.79 Å². The van der Waals surface area contributed by atoms with E-state index in [4.69, 9.17) is 10.2 Å². The average molecular weight is 380 g/mol. The molecule has 3 N–H and O–H groups in total. The largest absolute Gasteiger partial charge is 0.446 e. The van der Waals surface area contributed by atoms with Gasteiger partial charge in [0.2, 0.25) is 5.89 Å². The first-order valence-electron chi connectivity index (χ1n) is 11.1. The fraction of sp³-hybridized carbons (Fsp3) is 0.818. The predicted molar refractivity (Wildman–Crippen MR) is 112 cm³/mol. The van der Waals surface area contributed by atoms with Crippen molar-refractivity contribution in [2.45, 2.75) is 110 Å². The molecule has 0 fully saturated rings. The molecular formula is C22H41N3O2. The second-order valence-electron chi connectivity index (χ2n) is 7.71. The van der Waals surface area contributed by atoms with Gasteiger partial charge in [-0.3, -0.25) is 4.79 Å². The van der Waals surface area contributed by atoms with Crippen LogP contribution in [0.25, 0.3) is 0 Å². The Kier molecular flexibility index (Phi) is 13.7. The molecule has 1 aromatic rings. The van der Waals surface area contributed by atoms with Gasteiger partial charge in [0, 0.05) is 6.54 Å². The van der Waals surface area contributed by atoms with Gasteiger partial charge in [-0.25, -0.2) is 4.98 Å². The summed E-state index contributed by atoms with van der Waals surface area (Å²) in [6.07, 6.45) is 20.1. The normalized spacial score (nSPS) is 12.3. The Hall–Kier alpha value is -1.36. The molecule has 0 radical (unpaired) electrons. The highest BCUT2D eigenvalue weighted by Gasteiger charge is 2.13. The van der Waals surface area contributed by atoms with Crippen LogP contribution in [0.2, 0.25) is 0 Å². The number of carbonyl (C=O) groups excluding carboxylic acids is 1. The van der Waals surface area contributed by atoms with E-state index in [2.05, 4.69) is 17.2 Å². The van der Waals surface area contributed by atoms with Crippen LogP contribution in [0.3, 0.4) is 0 Å². The van der Waals surface area contributed by atoms with Gasteiger partial charge in [0.05, 0.1) is 6.04 Å². The summed E-state index contributed by atoms with van der Waals surface area (Å²) < 4.78 is 5.18. The van der Waals surface area contributed by atoms with E-state index in [0.717, 1.165) is 6.42 Å². The van der Waals surface area contributed by atoms with Crippen LogP contribution in [0.5, 0.6) is 0 Å². The molecule has 1 atom stereocenters. The minimum Gasteiger partial charge on any atom is -0.446 e. The van der Waals surface area contributed by atoms with Crippen LogP contribution in [-0.2, 0) is 0 Å². The highest BCUT2D eigenvalue weighted by atomic mass is 16.3. The van der Waals surface area contributed by atoms with E-state index in [1.54, 1.807) is 6.92 Å². The van der Waals surface area contributed by atoms with E-state index in [1.165, 1.54) is 89.7 Å². The predicted octanol–water partition coefficient (Wildman–Crippen LogP) is 5.91. The molecule has 0 saturated heterocycles. The molecule has 1 aromatic heterocycles. The lowest BCUT2D eigenvalue weighted by molar-refractivity contribution is 0.0948. The van der Waals surface area contributed by atoms with Crippen LogP contribution >= 0.6 is 0 Å². The van der Waals surface area contributed by atoms with E-state index in [0.29, 0.717) is 18.1 Å². The van der Waals surface area contributed by atoms with Gasteiger partial charge in [0.15, 0.2) is 5.69 Å². The van der Waals surface area contributed by atoms with E-state index in [1.807, 2.05) is 0 Å². The van der Waals surface area contributed by atoms with Crippen LogP contribution in [0.4, 0.5) is 0 Å². The molecule has 5 heteroatoms. The molecule has 5 nitrogen and oxygen atoms in total. The molecule has 0 aliphatic rings. The Morgan fingerprint density at radius 2 is 1.44 bits per heavy atom. The monoisotopic (exact) mass is 379 g/mol. The summed E-state index contributed by atoms with van der Waals surface area (Å²) in [5.74, 6) is 0.219. The zero-order valence-electron chi connectivity index (χ0n) is 17.6. The molecule has 0 spiro atoms. The molecule has 156 valence electrons. The minimum atomic E-state index is -0.294. The van der Waals surface area contributed by atoms with Crippen molar-refractivity contribution in [2.24, 2.45) is 5.73 Å². The molecule has 0 aliphatic carbocycles. The molecule has 1 heterocycles. The first kappa shape index (κ1) is 23.7. The Bertz CT molecular complexity index is 486. The van der Waals surface area contributed by atoms with E-state index >= 15 is 0 Å². The van der Waals surface area contributed by atoms with Crippen molar-refractivity contribution in [3.63, 3.8) is 0 Å². The quantitative estimate of drug-likeness (QED) is 0.330. The van der Waals surface area contributed by atoms with Crippen molar-refractivity contribution in [2.75, 3.05) is 6.54 Å². The first-order chi connectivity index (χ1) is 13.1. The number of unbranched alkanes of at least 4 members (excludes halogenated alkanes) is 13. The number of hydrogen-bond donors (Lipinski definition) is 2. The highest BCUT2D eigenvalue weighted by molar-refractivity contribution is 5.91. The molecule has 0 saturated carbocycles. The van der Waals surface area contributed by atoms with E-state index < -0.39 is 0 Å². The van der Waals surface area contributed by atoms with Gasteiger partial charge in [0.25, 0.3) is 5.91 Å². The molecule has 27 heavy (non-hydrogen) atoms. The smallest absolute Gasteiger partial charge is 0.273 e. The van der Waals surface area contributed by atoms with Crippen molar-refractivity contribution in [1.82, 2.24) is 10.3 Å². The van der Waals surface area contributed by atoms with Crippen LogP contribution in [0, 0.1) is 0 Å². The summed E-state index contributed by atoms with van der Waals surface area (Å²) in [7, 11) is 0. The standard InChI is InChI=1S/C22H41N3O2/c1-3-4-5-6-7-8-9-10-11-12-13-14-15-16-17-24-21(26)20-18-27-22(25-20)19(2)23/h18-19H,3-17,23H2,1-2H3,(H,24,26). The maximum Gasteiger partial charge on any atom is 0.273 e. The van der Waals surface area contributed by atoms with Gasteiger partial charge in [-0.2, -0.15) is 0 Å². The summed E-state index contributed by atoms with van der Waals surface area (Å²) in [4.78, 5) is 16.0.